The maximum Gasteiger partial charge on any atom is 0.249 e. The summed E-state index contributed by atoms with van der Waals surface area (Å²) in [5.41, 5.74) is 2.04. The van der Waals surface area contributed by atoms with Gasteiger partial charge in [-0.05, 0) is 44.7 Å². The number of hydrogen-bond donors (Lipinski definition) is 1. The van der Waals surface area contributed by atoms with Crippen LogP contribution in [0.1, 0.15) is 44.0 Å². The van der Waals surface area contributed by atoms with Gasteiger partial charge in [-0.1, -0.05) is 6.92 Å². The molecule has 1 aromatic rings. The first-order chi connectivity index (χ1) is 13.7. The normalized spacial score (nSPS) is 25.8. The lowest BCUT2D eigenvalue weighted by Gasteiger charge is -2.51. The Morgan fingerprint density at radius 2 is 2.11 bits per heavy atom. The molecule has 156 valence electrons. The number of nitrogens with one attached hydrogen (secondary N) is 1. The van der Waals surface area contributed by atoms with Crippen molar-refractivity contribution in [2.75, 3.05) is 59.5 Å². The van der Waals surface area contributed by atoms with Gasteiger partial charge >= 0.3 is 0 Å². The second-order valence-electron chi connectivity index (χ2n) is 8.69. The molecule has 4 rings (SSSR count). The quantitative estimate of drug-likeness (QED) is 0.826. The molecule has 2 fully saturated rings. The molecule has 0 aromatic carbocycles. The van der Waals surface area contributed by atoms with Crippen LogP contribution >= 0.6 is 0 Å². The summed E-state index contributed by atoms with van der Waals surface area (Å²) in [5.74, 6) is 0.872. The number of aromatic nitrogens is 2. The Morgan fingerprint density at radius 3 is 2.86 bits per heavy atom. The van der Waals surface area contributed by atoms with Gasteiger partial charge in [0.05, 0.1) is 17.6 Å². The van der Waals surface area contributed by atoms with Crippen molar-refractivity contribution >= 4 is 5.91 Å². The number of H-pyrrole nitrogens is 1. The third-order valence-electron chi connectivity index (χ3n) is 7.08. The standard InChI is InChI=1S/C21H35N5O2/c1-3-24-9-4-5-17(13-24)14-25-11-7-21(8-12-25)20-18(22-16-23-20)6-10-26(21)19(27)15-28-2/h16-17H,3-15H2,1-2H3,(H,22,23). The molecule has 4 heterocycles. The Morgan fingerprint density at radius 1 is 1.29 bits per heavy atom. The van der Waals surface area contributed by atoms with Gasteiger partial charge in [0.15, 0.2) is 0 Å². The minimum Gasteiger partial charge on any atom is -0.375 e. The molecule has 7 heteroatoms. The number of imidazole rings is 1. The molecular weight excluding hydrogens is 354 g/mol. The molecule has 1 unspecified atom stereocenters. The molecule has 0 radical (unpaired) electrons. The Hall–Kier alpha value is -1.44. The number of aromatic amines is 1. The minimum atomic E-state index is -0.262. The molecule has 3 aliphatic rings. The number of carbonyl (C=O) groups excluding carboxylic acids is 1. The number of piperidine rings is 2. The van der Waals surface area contributed by atoms with E-state index in [0.29, 0.717) is 0 Å². The molecule has 28 heavy (non-hydrogen) atoms. The van der Waals surface area contributed by atoms with Crippen molar-refractivity contribution in [2.24, 2.45) is 5.92 Å². The summed E-state index contributed by atoms with van der Waals surface area (Å²) in [7, 11) is 1.60. The highest BCUT2D eigenvalue weighted by molar-refractivity contribution is 5.79. The van der Waals surface area contributed by atoms with E-state index in [0.717, 1.165) is 57.1 Å². The zero-order chi connectivity index (χ0) is 19.6. The van der Waals surface area contributed by atoms with Crippen LogP contribution in [0.5, 0.6) is 0 Å². The van der Waals surface area contributed by atoms with Crippen molar-refractivity contribution in [1.29, 1.82) is 0 Å². The molecule has 1 amide bonds. The topological polar surface area (TPSA) is 64.7 Å². The molecule has 1 spiro atoms. The van der Waals surface area contributed by atoms with E-state index < -0.39 is 0 Å². The number of likely N-dealkylation sites (tertiary alicyclic amines) is 2. The number of fused-ring (bicyclic) bond motifs is 2. The zero-order valence-electron chi connectivity index (χ0n) is 17.5. The van der Waals surface area contributed by atoms with E-state index >= 15 is 0 Å². The maximum absolute atomic E-state index is 12.8. The van der Waals surface area contributed by atoms with Crippen LogP contribution in [0.4, 0.5) is 0 Å². The first-order valence-corrected chi connectivity index (χ1v) is 10.9. The maximum atomic E-state index is 12.8. The molecule has 0 saturated carbocycles. The van der Waals surface area contributed by atoms with Crippen molar-refractivity contribution < 1.29 is 9.53 Å². The Kier molecular flexibility index (Phi) is 6.04. The van der Waals surface area contributed by atoms with Gasteiger partial charge in [0.1, 0.15) is 6.61 Å². The van der Waals surface area contributed by atoms with Gasteiger partial charge in [0, 0.05) is 51.9 Å². The van der Waals surface area contributed by atoms with Gasteiger partial charge < -0.3 is 24.4 Å². The fraction of sp³-hybridized carbons (Fsp3) is 0.810. The lowest BCUT2D eigenvalue weighted by molar-refractivity contribution is -0.146. The van der Waals surface area contributed by atoms with Crippen LogP contribution in [0.2, 0.25) is 0 Å². The highest BCUT2D eigenvalue weighted by atomic mass is 16.5. The van der Waals surface area contributed by atoms with E-state index in [1.165, 1.54) is 38.2 Å². The van der Waals surface area contributed by atoms with E-state index in [1.54, 1.807) is 13.4 Å². The summed E-state index contributed by atoms with van der Waals surface area (Å²) in [6.45, 7) is 10.1. The lowest BCUT2D eigenvalue weighted by Crippen LogP contribution is -2.59. The van der Waals surface area contributed by atoms with E-state index in [4.69, 9.17) is 4.74 Å². The van der Waals surface area contributed by atoms with E-state index in [-0.39, 0.29) is 18.1 Å². The smallest absolute Gasteiger partial charge is 0.249 e. The third kappa shape index (κ3) is 3.72. The Bertz CT molecular complexity index is 668. The SMILES string of the molecule is CCN1CCCC(CN2CCC3(CC2)c2nc[nH]c2CCN3C(=O)COC)C1. The van der Waals surface area contributed by atoms with Gasteiger partial charge in [0.25, 0.3) is 0 Å². The van der Waals surface area contributed by atoms with Crippen LogP contribution in [0.3, 0.4) is 0 Å². The number of ether oxygens (including phenoxy) is 1. The molecule has 0 bridgehead atoms. The van der Waals surface area contributed by atoms with Crippen molar-refractivity contribution in [3.63, 3.8) is 0 Å². The van der Waals surface area contributed by atoms with Gasteiger partial charge in [-0.25, -0.2) is 4.98 Å². The van der Waals surface area contributed by atoms with Crippen LogP contribution in [0, 0.1) is 5.92 Å². The van der Waals surface area contributed by atoms with Crippen LogP contribution in [-0.4, -0.2) is 90.1 Å². The minimum absolute atomic E-state index is 0.0930. The van der Waals surface area contributed by atoms with E-state index in [9.17, 15) is 4.79 Å². The summed E-state index contributed by atoms with van der Waals surface area (Å²) in [4.78, 5) is 28.1. The highest BCUT2D eigenvalue weighted by Gasteiger charge is 2.48. The highest BCUT2D eigenvalue weighted by Crippen LogP contribution is 2.42. The van der Waals surface area contributed by atoms with Gasteiger partial charge in [-0.2, -0.15) is 0 Å². The number of nitrogens with zero attached hydrogens (tertiary/aromatic N) is 4. The predicted octanol–water partition coefficient (Wildman–Crippen LogP) is 1.46. The fourth-order valence-corrected chi connectivity index (χ4v) is 5.61. The van der Waals surface area contributed by atoms with E-state index in [2.05, 4.69) is 31.6 Å². The summed E-state index contributed by atoms with van der Waals surface area (Å²) in [5, 5.41) is 0. The number of hydrogen-bond acceptors (Lipinski definition) is 5. The molecule has 3 aliphatic heterocycles. The first kappa shape index (κ1) is 19.9. The average Bonchev–Trinajstić information content (AvgIpc) is 3.20. The van der Waals surface area contributed by atoms with Gasteiger partial charge in [0.2, 0.25) is 5.91 Å². The lowest BCUT2D eigenvalue weighted by atomic mass is 9.78. The van der Waals surface area contributed by atoms with Crippen LogP contribution in [-0.2, 0) is 21.5 Å². The summed E-state index contributed by atoms with van der Waals surface area (Å²) >= 11 is 0. The number of rotatable bonds is 5. The van der Waals surface area contributed by atoms with Crippen LogP contribution in [0.25, 0.3) is 0 Å². The summed E-state index contributed by atoms with van der Waals surface area (Å²) < 4.78 is 5.17. The molecule has 1 atom stereocenters. The summed E-state index contributed by atoms with van der Waals surface area (Å²) in [6.07, 6.45) is 7.25. The van der Waals surface area contributed by atoms with Crippen molar-refractivity contribution in [2.45, 2.75) is 44.6 Å². The number of methoxy groups -OCH3 is 1. The molecule has 1 N–H and O–H groups in total. The predicted molar refractivity (Wildman–Crippen MR) is 108 cm³/mol. The molecule has 0 aliphatic carbocycles. The Balaban J connectivity index is 1.45. The number of carbonyl (C=O) groups is 1. The van der Waals surface area contributed by atoms with Crippen molar-refractivity contribution in [3.05, 3.63) is 17.7 Å². The second kappa shape index (κ2) is 8.51. The Labute approximate surface area is 168 Å². The fourth-order valence-electron chi connectivity index (χ4n) is 5.61. The molecular formula is C21H35N5O2. The van der Waals surface area contributed by atoms with E-state index in [1.807, 2.05) is 0 Å². The van der Waals surface area contributed by atoms with Gasteiger partial charge in [-0.3, -0.25) is 4.79 Å². The van der Waals surface area contributed by atoms with Gasteiger partial charge in [-0.15, -0.1) is 0 Å². The molecule has 2 saturated heterocycles. The van der Waals surface area contributed by atoms with Crippen molar-refractivity contribution in [1.82, 2.24) is 24.7 Å². The second-order valence-corrected chi connectivity index (χ2v) is 8.69. The molecule has 1 aromatic heterocycles. The average molecular weight is 390 g/mol. The third-order valence-corrected chi connectivity index (χ3v) is 7.08. The summed E-state index contributed by atoms with van der Waals surface area (Å²) in [6, 6.07) is 0. The zero-order valence-corrected chi connectivity index (χ0v) is 17.5. The first-order valence-electron chi connectivity index (χ1n) is 10.9. The van der Waals surface area contributed by atoms with Crippen molar-refractivity contribution in [3.8, 4) is 0 Å². The monoisotopic (exact) mass is 389 g/mol. The largest absolute Gasteiger partial charge is 0.375 e. The number of amides is 1. The van der Waals surface area contributed by atoms with Crippen LogP contribution < -0.4 is 0 Å². The molecule has 7 nitrogen and oxygen atoms in total. The van der Waals surface area contributed by atoms with Crippen LogP contribution in [0.15, 0.2) is 6.33 Å².